The molecule has 120 valence electrons. The zero-order chi connectivity index (χ0) is 16.8. The molecule has 0 saturated carbocycles. The predicted molar refractivity (Wildman–Crippen MR) is 92.6 cm³/mol. The fourth-order valence-electron chi connectivity index (χ4n) is 2.09. The summed E-state index contributed by atoms with van der Waals surface area (Å²) < 4.78 is 24.2. The molecule has 5 heteroatoms. The van der Waals surface area contributed by atoms with Gasteiger partial charge in [-0.3, -0.25) is 0 Å². The Kier molecular flexibility index (Phi) is 4.78. The van der Waals surface area contributed by atoms with E-state index in [0.717, 1.165) is 0 Å². The van der Waals surface area contributed by atoms with Gasteiger partial charge in [-0.05, 0) is 36.4 Å². The largest absolute Gasteiger partial charge is 0.465 e. The summed E-state index contributed by atoms with van der Waals surface area (Å²) in [7, 11) is -3.86. The molecule has 0 aliphatic rings. The Bertz CT molecular complexity index is 848. The second kappa shape index (κ2) is 7.16. The minimum atomic E-state index is -3.86. The van der Waals surface area contributed by atoms with Crippen LogP contribution in [0, 0.1) is 0 Å². The third-order valence-electron chi connectivity index (χ3n) is 3.25. The Labute approximate surface area is 140 Å². The van der Waals surface area contributed by atoms with Crippen molar-refractivity contribution < 1.29 is 18.4 Å². The van der Waals surface area contributed by atoms with Gasteiger partial charge >= 0.3 is 13.6 Å². The van der Waals surface area contributed by atoms with Crippen LogP contribution in [0.1, 0.15) is 10.4 Å². The van der Waals surface area contributed by atoms with E-state index in [0.29, 0.717) is 16.6 Å². The molecular formula is C19H15O4P. The van der Waals surface area contributed by atoms with Crippen LogP contribution in [0.25, 0.3) is 0 Å². The van der Waals surface area contributed by atoms with E-state index in [1.807, 2.05) is 6.07 Å². The van der Waals surface area contributed by atoms with Gasteiger partial charge in [0.2, 0.25) is 0 Å². The van der Waals surface area contributed by atoms with Gasteiger partial charge in [0.1, 0.15) is 5.75 Å². The maximum atomic E-state index is 13.3. The first-order valence-corrected chi connectivity index (χ1v) is 8.91. The van der Waals surface area contributed by atoms with Gasteiger partial charge in [0.25, 0.3) is 0 Å². The number of hydrogen-bond acceptors (Lipinski definition) is 4. The summed E-state index contributed by atoms with van der Waals surface area (Å²) in [5.41, 5.74) is 0.310. The van der Waals surface area contributed by atoms with Crippen LogP contribution in [0.5, 0.6) is 5.75 Å². The molecule has 0 saturated heterocycles. The van der Waals surface area contributed by atoms with Crippen LogP contribution < -0.4 is 9.83 Å². The summed E-state index contributed by atoms with van der Waals surface area (Å²) in [6, 6.07) is 25.5. The summed E-state index contributed by atoms with van der Waals surface area (Å²) in [4.78, 5) is 12.3. The molecule has 1 atom stereocenters. The van der Waals surface area contributed by atoms with Crippen LogP contribution in [-0.4, -0.2) is 5.97 Å². The number of benzene rings is 3. The van der Waals surface area contributed by atoms with Crippen molar-refractivity contribution in [3.63, 3.8) is 0 Å². The summed E-state index contributed by atoms with van der Waals surface area (Å²) in [5.74, 6) is -0.329. The molecule has 3 aromatic carbocycles. The van der Waals surface area contributed by atoms with Gasteiger partial charge in [0.05, 0.1) is 10.9 Å². The van der Waals surface area contributed by atoms with Crippen molar-refractivity contribution in [2.24, 2.45) is 0 Å². The lowest BCUT2D eigenvalue weighted by molar-refractivity contribution is 0.0725. The molecule has 4 nitrogen and oxygen atoms in total. The lowest BCUT2D eigenvalue weighted by atomic mass is 10.2. The normalized spacial score (nSPS) is 12.8. The highest BCUT2D eigenvalue weighted by molar-refractivity contribution is 7.63. The highest BCUT2D eigenvalue weighted by atomic mass is 31.2. The maximum Gasteiger partial charge on any atom is 0.465 e. The Morgan fingerprint density at radius 3 is 1.79 bits per heavy atom. The molecule has 0 fully saturated rings. The lowest BCUT2D eigenvalue weighted by Gasteiger charge is -2.19. The number of para-hydroxylation sites is 1. The van der Waals surface area contributed by atoms with Crippen molar-refractivity contribution >= 4 is 18.9 Å². The van der Waals surface area contributed by atoms with Gasteiger partial charge < -0.3 is 9.05 Å². The van der Waals surface area contributed by atoms with Crippen molar-refractivity contribution in [2.75, 3.05) is 0 Å². The Morgan fingerprint density at radius 1 is 0.708 bits per heavy atom. The molecule has 3 rings (SSSR count). The maximum absolute atomic E-state index is 13.3. The SMILES string of the molecule is O=C(OP(=O)(Oc1ccccc1)c1ccccc1)c1ccccc1. The second-order valence-corrected chi connectivity index (χ2v) is 6.86. The zero-order valence-corrected chi connectivity index (χ0v) is 13.6. The summed E-state index contributed by atoms with van der Waals surface area (Å²) in [6.45, 7) is 0. The third kappa shape index (κ3) is 3.73. The van der Waals surface area contributed by atoms with Gasteiger partial charge in [-0.15, -0.1) is 0 Å². The first kappa shape index (κ1) is 16.0. The summed E-state index contributed by atoms with van der Waals surface area (Å²) in [5, 5.41) is 0.318. The highest BCUT2D eigenvalue weighted by Gasteiger charge is 2.33. The minimum absolute atomic E-state index is 0.310. The first-order valence-electron chi connectivity index (χ1n) is 7.37. The van der Waals surface area contributed by atoms with E-state index in [1.54, 1.807) is 84.9 Å². The van der Waals surface area contributed by atoms with Crippen molar-refractivity contribution in [3.05, 3.63) is 96.6 Å². The fourth-order valence-corrected chi connectivity index (χ4v) is 3.60. The molecule has 0 spiro atoms. The molecule has 0 aromatic heterocycles. The van der Waals surface area contributed by atoms with E-state index in [4.69, 9.17) is 9.05 Å². The van der Waals surface area contributed by atoms with Crippen LogP contribution >= 0.6 is 7.60 Å². The van der Waals surface area contributed by atoms with Crippen molar-refractivity contribution in [2.45, 2.75) is 0 Å². The second-order valence-electron chi connectivity index (χ2n) is 4.98. The fraction of sp³-hybridized carbons (Fsp3) is 0. The number of rotatable bonds is 5. The first-order chi connectivity index (χ1) is 11.7. The number of carbonyl (C=O) groups excluding carboxylic acids is 1. The molecule has 1 unspecified atom stereocenters. The average Bonchev–Trinajstić information content (AvgIpc) is 2.64. The van der Waals surface area contributed by atoms with E-state index in [-0.39, 0.29) is 0 Å². The summed E-state index contributed by atoms with van der Waals surface area (Å²) in [6.07, 6.45) is 0. The van der Waals surface area contributed by atoms with E-state index in [9.17, 15) is 9.36 Å². The average molecular weight is 338 g/mol. The van der Waals surface area contributed by atoms with Crippen LogP contribution in [0.15, 0.2) is 91.0 Å². The topological polar surface area (TPSA) is 52.6 Å². The molecule has 0 aliphatic carbocycles. The van der Waals surface area contributed by atoms with E-state index in [1.165, 1.54) is 0 Å². The van der Waals surface area contributed by atoms with E-state index >= 15 is 0 Å². The molecule has 0 radical (unpaired) electrons. The standard InChI is InChI=1S/C19H15O4P/c20-19(16-10-4-1-5-11-16)23-24(21,18-14-8-3-9-15-18)22-17-12-6-2-7-13-17/h1-15H. The van der Waals surface area contributed by atoms with Crippen molar-refractivity contribution in [1.29, 1.82) is 0 Å². The van der Waals surface area contributed by atoms with Crippen LogP contribution in [0.4, 0.5) is 0 Å². The highest BCUT2D eigenvalue weighted by Crippen LogP contribution is 2.47. The van der Waals surface area contributed by atoms with Crippen molar-refractivity contribution in [3.8, 4) is 5.75 Å². The molecule has 0 amide bonds. The van der Waals surface area contributed by atoms with Crippen LogP contribution in [0.3, 0.4) is 0 Å². The smallest absolute Gasteiger partial charge is 0.413 e. The Morgan fingerprint density at radius 2 is 1.21 bits per heavy atom. The molecule has 0 heterocycles. The van der Waals surface area contributed by atoms with Crippen molar-refractivity contribution in [1.82, 2.24) is 0 Å². The van der Waals surface area contributed by atoms with Gasteiger partial charge in [-0.2, -0.15) is 0 Å². The summed E-state index contributed by atoms with van der Waals surface area (Å²) >= 11 is 0. The molecule has 24 heavy (non-hydrogen) atoms. The van der Waals surface area contributed by atoms with Gasteiger partial charge in [-0.1, -0.05) is 54.6 Å². The van der Waals surface area contributed by atoms with Crippen LogP contribution in [0.2, 0.25) is 0 Å². The minimum Gasteiger partial charge on any atom is -0.413 e. The molecule has 3 aromatic rings. The van der Waals surface area contributed by atoms with E-state index in [2.05, 4.69) is 0 Å². The van der Waals surface area contributed by atoms with E-state index < -0.39 is 13.6 Å². The lowest BCUT2D eigenvalue weighted by Crippen LogP contribution is -2.16. The number of hydrogen-bond donors (Lipinski definition) is 0. The third-order valence-corrected chi connectivity index (χ3v) is 5.04. The molecule has 0 aliphatic heterocycles. The Balaban J connectivity index is 1.93. The quantitative estimate of drug-likeness (QED) is 0.645. The van der Waals surface area contributed by atoms with Gasteiger partial charge in [0, 0.05) is 0 Å². The van der Waals surface area contributed by atoms with Gasteiger partial charge in [-0.25, -0.2) is 9.36 Å². The zero-order valence-electron chi connectivity index (χ0n) is 12.7. The van der Waals surface area contributed by atoms with Gasteiger partial charge in [0.15, 0.2) is 0 Å². The molecule has 0 bridgehead atoms. The molecule has 0 N–H and O–H groups in total. The molecular weight excluding hydrogens is 323 g/mol. The number of carbonyl (C=O) groups is 1. The predicted octanol–water partition coefficient (Wildman–Crippen LogP) is 4.44. The Hall–Kier alpha value is -2.84. The monoisotopic (exact) mass is 338 g/mol. The van der Waals surface area contributed by atoms with Crippen LogP contribution in [-0.2, 0) is 9.09 Å².